The maximum Gasteiger partial charge on any atom is 0.325 e. The second kappa shape index (κ2) is 6.89. The Labute approximate surface area is 111 Å². The molecule has 0 aliphatic rings. The molecular formula is C12H20N4O3. The third-order valence-corrected chi connectivity index (χ3v) is 3.09. The Balaban J connectivity index is 2.62. The Morgan fingerprint density at radius 1 is 1.47 bits per heavy atom. The van der Waals surface area contributed by atoms with Crippen molar-refractivity contribution in [2.24, 2.45) is 5.73 Å². The molecule has 0 unspecified atom stereocenters. The maximum atomic E-state index is 11.8. The van der Waals surface area contributed by atoms with Gasteiger partial charge >= 0.3 is 5.69 Å². The molecule has 3 N–H and O–H groups in total. The lowest BCUT2D eigenvalue weighted by molar-refractivity contribution is -0.138. The molecule has 0 atom stereocenters. The van der Waals surface area contributed by atoms with Crippen molar-refractivity contribution in [2.45, 2.75) is 33.2 Å². The van der Waals surface area contributed by atoms with Crippen molar-refractivity contribution in [3.63, 3.8) is 0 Å². The minimum absolute atomic E-state index is 0.112. The summed E-state index contributed by atoms with van der Waals surface area (Å²) in [6.07, 6.45) is 1.20. The number of imidazole rings is 1. The number of H-pyrrole nitrogens is 1. The molecular weight excluding hydrogens is 248 g/mol. The molecule has 0 aliphatic carbocycles. The van der Waals surface area contributed by atoms with Crippen LogP contribution in [0.2, 0.25) is 0 Å². The number of nitrogens with two attached hydrogens (primary N) is 1. The van der Waals surface area contributed by atoms with Gasteiger partial charge in [-0.05, 0) is 26.8 Å². The van der Waals surface area contributed by atoms with E-state index in [1.165, 1.54) is 4.57 Å². The van der Waals surface area contributed by atoms with Crippen molar-refractivity contribution < 1.29 is 9.59 Å². The second-order valence-electron chi connectivity index (χ2n) is 4.38. The van der Waals surface area contributed by atoms with Crippen LogP contribution < -0.4 is 11.4 Å². The van der Waals surface area contributed by atoms with E-state index in [0.29, 0.717) is 25.9 Å². The number of carbonyl (C=O) groups excluding carboxylic acids is 2. The number of nitrogens with one attached hydrogen (secondary N) is 1. The fourth-order valence-electron chi connectivity index (χ4n) is 1.79. The number of hydrogen-bond acceptors (Lipinski definition) is 4. The highest BCUT2D eigenvalue weighted by Gasteiger charge is 2.14. The second-order valence-corrected chi connectivity index (χ2v) is 4.38. The highest BCUT2D eigenvalue weighted by atomic mass is 16.2. The molecule has 0 aromatic carbocycles. The van der Waals surface area contributed by atoms with Crippen molar-refractivity contribution in [2.75, 3.05) is 13.1 Å². The summed E-state index contributed by atoms with van der Waals surface area (Å²) in [5, 5.41) is 0. The van der Waals surface area contributed by atoms with Gasteiger partial charge in [0.25, 0.3) is 0 Å². The molecule has 1 aromatic heterocycles. The molecule has 0 spiro atoms. The third-order valence-electron chi connectivity index (χ3n) is 3.09. The lowest BCUT2D eigenvalue weighted by Crippen LogP contribution is -2.33. The van der Waals surface area contributed by atoms with Gasteiger partial charge in [-0.1, -0.05) is 0 Å². The van der Waals surface area contributed by atoms with Crippen LogP contribution in [0.3, 0.4) is 0 Å². The zero-order chi connectivity index (χ0) is 14.4. The minimum atomic E-state index is -0.298. The molecule has 1 aromatic rings. The first kappa shape index (κ1) is 15.2. The van der Waals surface area contributed by atoms with Crippen LogP contribution >= 0.6 is 0 Å². The molecule has 0 bridgehead atoms. The number of imide groups is 1. The molecule has 19 heavy (non-hydrogen) atoms. The predicted octanol–water partition coefficient (Wildman–Crippen LogP) is -0.483. The summed E-state index contributed by atoms with van der Waals surface area (Å²) in [5.74, 6) is -0.298. The number of rotatable bonds is 7. The average Bonchev–Trinajstić information content (AvgIpc) is 2.62. The van der Waals surface area contributed by atoms with Gasteiger partial charge in [-0.3, -0.25) is 19.1 Å². The van der Waals surface area contributed by atoms with E-state index in [0.717, 1.165) is 16.3 Å². The van der Waals surface area contributed by atoms with Crippen LogP contribution in [0.15, 0.2) is 4.79 Å². The average molecular weight is 268 g/mol. The van der Waals surface area contributed by atoms with Crippen LogP contribution in [-0.2, 0) is 16.1 Å². The first-order valence-corrected chi connectivity index (χ1v) is 6.22. The Morgan fingerprint density at radius 2 is 2.16 bits per heavy atom. The Kier molecular flexibility index (Phi) is 5.50. The van der Waals surface area contributed by atoms with Crippen molar-refractivity contribution in [3.8, 4) is 0 Å². The summed E-state index contributed by atoms with van der Waals surface area (Å²) in [6.45, 7) is 4.62. The quantitative estimate of drug-likeness (QED) is 0.652. The van der Waals surface area contributed by atoms with Crippen molar-refractivity contribution >= 4 is 12.3 Å². The van der Waals surface area contributed by atoms with Gasteiger partial charge in [0.2, 0.25) is 12.3 Å². The lowest BCUT2D eigenvalue weighted by Gasteiger charge is -2.15. The van der Waals surface area contributed by atoms with Crippen LogP contribution in [0.1, 0.15) is 24.2 Å². The van der Waals surface area contributed by atoms with Crippen molar-refractivity contribution in [1.82, 2.24) is 14.5 Å². The van der Waals surface area contributed by atoms with E-state index in [4.69, 9.17) is 5.73 Å². The van der Waals surface area contributed by atoms with Gasteiger partial charge in [0.05, 0.1) is 0 Å². The molecule has 0 radical (unpaired) electrons. The lowest BCUT2D eigenvalue weighted by atomic mass is 10.3. The van der Waals surface area contributed by atoms with Crippen LogP contribution in [0.4, 0.5) is 0 Å². The van der Waals surface area contributed by atoms with E-state index in [1.54, 1.807) is 6.92 Å². The smallest absolute Gasteiger partial charge is 0.325 e. The van der Waals surface area contributed by atoms with E-state index in [9.17, 15) is 14.4 Å². The molecule has 1 heterocycles. The molecule has 2 amide bonds. The summed E-state index contributed by atoms with van der Waals surface area (Å²) < 4.78 is 1.50. The number of amides is 2. The summed E-state index contributed by atoms with van der Waals surface area (Å²) in [4.78, 5) is 38.0. The fraction of sp³-hybridized carbons (Fsp3) is 0.583. The zero-order valence-electron chi connectivity index (χ0n) is 11.3. The van der Waals surface area contributed by atoms with E-state index in [-0.39, 0.29) is 24.6 Å². The van der Waals surface area contributed by atoms with E-state index in [1.807, 2.05) is 6.92 Å². The maximum absolute atomic E-state index is 11.8. The SMILES string of the molecule is Cc1[nH]c(=O)n(CCC(=O)N(C=O)CCCN)c1C. The van der Waals surface area contributed by atoms with Crippen molar-refractivity contribution in [1.29, 1.82) is 0 Å². The van der Waals surface area contributed by atoms with Crippen LogP contribution in [0.5, 0.6) is 0 Å². The van der Waals surface area contributed by atoms with Crippen LogP contribution in [-0.4, -0.2) is 39.9 Å². The Morgan fingerprint density at radius 3 is 2.63 bits per heavy atom. The molecule has 106 valence electrons. The summed E-state index contributed by atoms with van der Waals surface area (Å²) in [7, 11) is 0. The number of hydrogen-bond donors (Lipinski definition) is 2. The highest BCUT2D eigenvalue weighted by Crippen LogP contribution is 2.02. The first-order chi connectivity index (χ1) is 9.01. The highest BCUT2D eigenvalue weighted by molar-refractivity contribution is 5.85. The number of aryl methyl sites for hydroxylation is 1. The molecule has 0 saturated heterocycles. The van der Waals surface area contributed by atoms with Gasteiger partial charge < -0.3 is 10.7 Å². The Hall–Kier alpha value is -1.89. The van der Waals surface area contributed by atoms with Gasteiger partial charge in [-0.15, -0.1) is 0 Å². The van der Waals surface area contributed by atoms with E-state index in [2.05, 4.69) is 4.98 Å². The standard InChI is InChI=1S/C12H20N4O3/c1-9-10(2)16(12(19)14-9)7-4-11(18)15(8-17)6-3-5-13/h8H,3-7,13H2,1-2H3,(H,14,19). The molecule has 1 rings (SSSR count). The zero-order valence-corrected chi connectivity index (χ0v) is 11.3. The Bertz CT molecular complexity index is 504. The molecule has 0 saturated carbocycles. The predicted molar refractivity (Wildman–Crippen MR) is 70.6 cm³/mol. The summed E-state index contributed by atoms with van der Waals surface area (Å²) in [5.41, 5.74) is 6.69. The third kappa shape index (κ3) is 3.78. The summed E-state index contributed by atoms with van der Waals surface area (Å²) >= 11 is 0. The number of aromatic nitrogens is 2. The van der Waals surface area contributed by atoms with Gasteiger partial charge in [-0.25, -0.2) is 4.79 Å². The molecule has 0 aliphatic heterocycles. The molecule has 7 heteroatoms. The van der Waals surface area contributed by atoms with Crippen LogP contribution in [0, 0.1) is 13.8 Å². The van der Waals surface area contributed by atoms with Gasteiger partial charge in [0.1, 0.15) is 0 Å². The normalized spacial score (nSPS) is 10.5. The monoisotopic (exact) mass is 268 g/mol. The topological polar surface area (TPSA) is 101 Å². The number of aromatic amines is 1. The van der Waals surface area contributed by atoms with Gasteiger partial charge in [-0.2, -0.15) is 0 Å². The largest absolute Gasteiger partial charge is 0.330 e. The first-order valence-electron chi connectivity index (χ1n) is 6.22. The van der Waals surface area contributed by atoms with E-state index >= 15 is 0 Å². The van der Waals surface area contributed by atoms with Gasteiger partial charge in [0, 0.05) is 30.9 Å². The van der Waals surface area contributed by atoms with Gasteiger partial charge in [0.15, 0.2) is 0 Å². The van der Waals surface area contributed by atoms with Crippen LogP contribution in [0.25, 0.3) is 0 Å². The fourth-order valence-corrected chi connectivity index (χ4v) is 1.79. The molecule has 7 nitrogen and oxygen atoms in total. The number of carbonyl (C=O) groups is 2. The molecule has 0 fully saturated rings. The van der Waals surface area contributed by atoms with Crippen molar-refractivity contribution in [3.05, 3.63) is 21.9 Å². The summed E-state index contributed by atoms with van der Waals surface area (Å²) in [6, 6.07) is 0. The minimum Gasteiger partial charge on any atom is -0.330 e. The number of nitrogens with zero attached hydrogens (tertiary/aromatic N) is 2. The van der Waals surface area contributed by atoms with E-state index < -0.39 is 0 Å².